The second-order valence-corrected chi connectivity index (χ2v) is 4.16. The van der Waals surface area contributed by atoms with Gasteiger partial charge in [-0.2, -0.15) is 0 Å². The molecule has 0 radical (unpaired) electrons. The normalized spacial score (nSPS) is 19.8. The quantitative estimate of drug-likeness (QED) is 0.533. The Kier molecular flexibility index (Phi) is 2.86. The third-order valence-corrected chi connectivity index (χ3v) is 2.80. The average molecular weight is 244 g/mol. The Morgan fingerprint density at radius 1 is 1.81 bits per heavy atom. The fourth-order valence-corrected chi connectivity index (χ4v) is 2.10. The number of amides is 1. The second-order valence-electron chi connectivity index (χ2n) is 3.35. The maximum Gasteiger partial charge on any atom is 0.612 e. The number of hydrogen-bond acceptors (Lipinski definition) is 4. The molecule has 1 aromatic rings. The van der Waals surface area contributed by atoms with E-state index >= 15 is 0 Å². The van der Waals surface area contributed by atoms with Crippen LogP contribution in [0.1, 0.15) is 23.1 Å². The predicted octanol–water partition coefficient (Wildman–Crippen LogP) is -0.465. The zero-order valence-electron chi connectivity index (χ0n) is 8.25. The number of imidazole rings is 1. The van der Waals surface area contributed by atoms with Crippen molar-refractivity contribution in [2.24, 2.45) is 5.73 Å². The van der Waals surface area contributed by atoms with Crippen LogP contribution in [0.4, 0.5) is 5.95 Å². The van der Waals surface area contributed by atoms with E-state index in [0.717, 1.165) is 0 Å². The van der Waals surface area contributed by atoms with Crippen molar-refractivity contribution in [2.75, 3.05) is 11.9 Å². The SMILES string of the molecule is NC(=O)c1cn2c(n1)NCCC2N[P+](=O)O. The minimum Gasteiger partial charge on any atom is -0.364 e. The van der Waals surface area contributed by atoms with E-state index in [0.29, 0.717) is 18.9 Å². The van der Waals surface area contributed by atoms with Crippen molar-refractivity contribution in [3.8, 4) is 0 Å². The molecule has 0 saturated heterocycles. The van der Waals surface area contributed by atoms with E-state index in [-0.39, 0.29) is 11.9 Å². The third kappa shape index (κ3) is 2.04. The lowest BCUT2D eigenvalue weighted by Crippen LogP contribution is -2.29. The molecule has 2 heterocycles. The molecular weight excluding hydrogens is 233 g/mol. The van der Waals surface area contributed by atoms with Crippen LogP contribution in [0.15, 0.2) is 6.20 Å². The van der Waals surface area contributed by atoms with E-state index in [1.165, 1.54) is 6.20 Å². The molecule has 1 amide bonds. The predicted molar refractivity (Wildman–Crippen MR) is 55.8 cm³/mol. The van der Waals surface area contributed by atoms with E-state index in [1.807, 2.05) is 0 Å². The minimum atomic E-state index is -2.45. The first-order valence-corrected chi connectivity index (χ1v) is 5.84. The van der Waals surface area contributed by atoms with Crippen molar-refractivity contribution in [3.63, 3.8) is 0 Å². The summed E-state index contributed by atoms with van der Waals surface area (Å²) in [5, 5.41) is 5.45. The van der Waals surface area contributed by atoms with E-state index in [4.69, 9.17) is 10.6 Å². The van der Waals surface area contributed by atoms with Gasteiger partial charge in [0.2, 0.25) is 5.95 Å². The van der Waals surface area contributed by atoms with Gasteiger partial charge in [0.05, 0.1) is 0 Å². The van der Waals surface area contributed by atoms with Crippen LogP contribution in [-0.2, 0) is 4.57 Å². The summed E-state index contributed by atoms with van der Waals surface area (Å²) >= 11 is 0. The van der Waals surface area contributed by atoms with Crippen molar-refractivity contribution in [1.82, 2.24) is 14.6 Å². The Labute approximate surface area is 91.8 Å². The molecule has 1 aliphatic rings. The second kappa shape index (κ2) is 4.17. The highest BCUT2D eigenvalue weighted by molar-refractivity contribution is 7.35. The van der Waals surface area contributed by atoms with E-state index < -0.39 is 14.1 Å². The molecule has 1 aromatic heterocycles. The summed E-state index contributed by atoms with van der Waals surface area (Å²) in [7, 11) is -2.45. The lowest BCUT2D eigenvalue weighted by molar-refractivity contribution is 0.0996. The van der Waals surface area contributed by atoms with Crippen LogP contribution in [0, 0.1) is 0 Å². The van der Waals surface area contributed by atoms with Crippen LogP contribution in [0.3, 0.4) is 0 Å². The molecule has 0 saturated carbocycles. The standard InChI is InChI=1S/C7H10N5O3P/c8-6(13)4-3-12-5(11-16(14)15)1-2-9-7(12)10-4/h3,5H,1-2H2,(H4-,8,9,10,11,13,14,15)/p+1. The Morgan fingerprint density at radius 2 is 2.56 bits per heavy atom. The molecule has 1 aliphatic heterocycles. The molecule has 0 bridgehead atoms. The lowest BCUT2D eigenvalue weighted by Gasteiger charge is -2.22. The third-order valence-electron chi connectivity index (χ3n) is 2.28. The molecule has 9 heteroatoms. The molecule has 8 nitrogen and oxygen atoms in total. The number of anilines is 1. The van der Waals surface area contributed by atoms with Gasteiger partial charge < -0.3 is 11.1 Å². The molecular formula is C7H11N5O3P+. The summed E-state index contributed by atoms with van der Waals surface area (Å²) in [6.07, 6.45) is 1.72. The number of fused-ring (bicyclic) bond motifs is 1. The van der Waals surface area contributed by atoms with Crippen molar-refractivity contribution in [2.45, 2.75) is 12.6 Å². The summed E-state index contributed by atoms with van der Waals surface area (Å²) in [5.41, 5.74) is 5.23. The van der Waals surface area contributed by atoms with Crippen molar-refractivity contribution >= 4 is 20.0 Å². The number of aromatic nitrogens is 2. The Morgan fingerprint density at radius 3 is 3.19 bits per heavy atom. The molecule has 86 valence electrons. The zero-order chi connectivity index (χ0) is 11.7. The summed E-state index contributed by atoms with van der Waals surface area (Å²) in [6.45, 7) is 0.607. The maximum absolute atomic E-state index is 10.9. The van der Waals surface area contributed by atoms with Gasteiger partial charge in [-0.05, 0) is 4.57 Å². The van der Waals surface area contributed by atoms with Crippen LogP contribution in [0.5, 0.6) is 0 Å². The van der Waals surface area contributed by atoms with Gasteiger partial charge in [-0.1, -0.05) is 5.09 Å². The molecule has 0 aromatic carbocycles. The van der Waals surface area contributed by atoms with Crippen LogP contribution in [-0.4, -0.2) is 26.9 Å². The van der Waals surface area contributed by atoms with Gasteiger partial charge >= 0.3 is 8.18 Å². The molecule has 5 N–H and O–H groups in total. The Balaban J connectivity index is 2.30. The highest BCUT2D eigenvalue weighted by atomic mass is 31.1. The summed E-state index contributed by atoms with van der Waals surface area (Å²) in [4.78, 5) is 23.7. The molecule has 16 heavy (non-hydrogen) atoms. The molecule has 2 atom stereocenters. The lowest BCUT2D eigenvalue weighted by atomic mass is 10.3. The number of rotatable bonds is 3. The van der Waals surface area contributed by atoms with Crippen LogP contribution in [0.2, 0.25) is 0 Å². The molecule has 2 unspecified atom stereocenters. The van der Waals surface area contributed by atoms with Gasteiger partial charge in [0.25, 0.3) is 5.91 Å². The number of nitrogens with zero attached hydrogens (tertiary/aromatic N) is 2. The zero-order valence-corrected chi connectivity index (χ0v) is 9.15. The first-order chi connectivity index (χ1) is 7.58. The number of primary amides is 1. The Hall–Kier alpha value is -1.50. The van der Waals surface area contributed by atoms with Gasteiger partial charge in [-0.15, -0.1) is 4.89 Å². The van der Waals surface area contributed by atoms with E-state index in [2.05, 4.69) is 15.4 Å². The molecule has 0 aliphatic carbocycles. The van der Waals surface area contributed by atoms with Gasteiger partial charge in [-0.25, -0.2) is 4.98 Å². The summed E-state index contributed by atoms with van der Waals surface area (Å²) in [6, 6.07) is 0. The Bertz CT molecular complexity index is 445. The van der Waals surface area contributed by atoms with Crippen molar-refractivity contribution in [1.29, 1.82) is 0 Å². The maximum atomic E-state index is 10.9. The molecule has 0 fully saturated rings. The van der Waals surface area contributed by atoms with E-state index in [9.17, 15) is 9.36 Å². The molecule has 0 spiro atoms. The van der Waals surface area contributed by atoms with Crippen molar-refractivity contribution in [3.05, 3.63) is 11.9 Å². The summed E-state index contributed by atoms with van der Waals surface area (Å²) in [5.74, 6) is -0.162. The largest absolute Gasteiger partial charge is 0.612 e. The monoisotopic (exact) mass is 244 g/mol. The number of carbonyl (C=O) groups excluding carboxylic acids is 1. The van der Waals surface area contributed by atoms with Crippen LogP contribution in [0.25, 0.3) is 0 Å². The first-order valence-electron chi connectivity index (χ1n) is 4.63. The van der Waals surface area contributed by atoms with Gasteiger partial charge in [0.15, 0.2) is 0 Å². The highest BCUT2D eigenvalue weighted by Crippen LogP contribution is 2.25. The van der Waals surface area contributed by atoms with E-state index in [1.54, 1.807) is 4.57 Å². The average Bonchev–Trinajstić information content (AvgIpc) is 2.61. The minimum absolute atomic E-state index is 0.129. The van der Waals surface area contributed by atoms with Gasteiger partial charge in [0.1, 0.15) is 11.9 Å². The smallest absolute Gasteiger partial charge is 0.364 e. The van der Waals surface area contributed by atoms with Gasteiger partial charge in [0, 0.05) is 19.2 Å². The first kappa shape index (κ1) is 11.0. The number of nitrogens with two attached hydrogens (primary N) is 1. The number of carbonyl (C=O) groups is 1. The van der Waals surface area contributed by atoms with Gasteiger partial charge in [-0.3, -0.25) is 9.36 Å². The topological polar surface area (TPSA) is 122 Å². The fourth-order valence-electron chi connectivity index (χ4n) is 1.59. The summed E-state index contributed by atoms with van der Waals surface area (Å²) < 4.78 is 12.3. The number of nitrogens with one attached hydrogen (secondary N) is 2. The fraction of sp³-hybridized carbons (Fsp3) is 0.429. The van der Waals surface area contributed by atoms with Crippen molar-refractivity contribution < 1.29 is 14.3 Å². The highest BCUT2D eigenvalue weighted by Gasteiger charge is 2.28. The van der Waals surface area contributed by atoms with Crippen LogP contribution >= 0.6 is 8.18 Å². The van der Waals surface area contributed by atoms with Crippen LogP contribution < -0.4 is 16.1 Å². The number of hydrogen-bond donors (Lipinski definition) is 4. The molecule has 2 rings (SSSR count).